The molecule has 0 aliphatic heterocycles. The van der Waals surface area contributed by atoms with Crippen LogP contribution in [0.4, 0.5) is 84.4 Å². The Morgan fingerprint density at radius 3 is 0.770 bits per heavy atom. The van der Waals surface area contributed by atoms with Crippen LogP contribution in [0.15, 0.2) is 146 Å². The molecular weight excluding hydrogens is 3030 g/mol. The molecule has 8 aromatic rings. The van der Waals surface area contributed by atoms with Crippen LogP contribution in [-0.2, 0) is 14.3 Å². The van der Waals surface area contributed by atoms with E-state index in [0.29, 0.717) is 98.4 Å². The van der Waals surface area contributed by atoms with Gasteiger partial charge >= 0.3 is 126 Å². The number of alkyl carbamates (subject to hydrolysis) is 1. The molecule has 0 saturated carbocycles. The predicted molar refractivity (Wildman–Crippen MR) is 612 cm³/mol. The van der Waals surface area contributed by atoms with Gasteiger partial charge in [0.1, 0.15) is 44.0 Å². The molecule has 0 spiro atoms. The Kier molecular flexibility index (Phi) is 71.1. The number of rotatable bonds is 34. The minimum atomic E-state index is -0.789. The fourth-order valence-electron chi connectivity index (χ4n) is 9.62. The van der Waals surface area contributed by atoms with E-state index in [9.17, 15) is 109 Å². The van der Waals surface area contributed by atoms with Crippen LogP contribution in [0.3, 0.4) is 0 Å². The molecule has 49 nitrogen and oxygen atoms in total. The zero-order valence-electron chi connectivity index (χ0n) is 73.5. The molecule has 0 saturated heterocycles. The molecule has 9 amide bonds. The zero-order chi connectivity index (χ0) is 105. The maximum absolute atomic E-state index is 11.4. The summed E-state index contributed by atoms with van der Waals surface area (Å²) in [5.74, 6) is -5.68. The van der Waals surface area contributed by atoms with Crippen molar-refractivity contribution in [1.29, 1.82) is 0 Å². The number of nitro groups is 6. The Bertz CT molecular complexity index is 5320. The number of carbonyl (C=O) groups is 10. The van der Waals surface area contributed by atoms with E-state index in [1.54, 1.807) is 45.0 Å². The number of hydrogen-bond donors (Lipinski definition) is 19. The Hall–Kier alpha value is -8.85. The molecule has 139 heavy (non-hydrogen) atoms. The number of benzene rings is 8. The van der Waals surface area contributed by atoms with E-state index >= 15 is 0 Å². The topological polar surface area (TPSA) is 844 Å². The number of nitrogens with zero attached hydrogens (tertiary/aromatic N) is 6. The standard InChI is InChI=1S/C16H16N6O6.C16H20N6O2.C14H20N4O5.C9H12N4O3.C8H17NO2.2C7H5ClN2O3.ClH.I4.I3.I2.HI/c17-15(23)9-1-3-11(13(7-9)21(25)26)19-5-6-20-12-4-2-10(16(18)24)8-14(12)22(27)28;17-11-7-9(15(19)23)1-3-13(11)21-5-6-22-14-4-2-10(16(20)24)8-12(14)18;1-14(2,3)23-13(20)17-7-6-16-10-5-4-9(12(15)19)8-11(10)18(21)22;10-3-4-12-7-2-1-6(9(11)14)5-8(7)13(15)16;1-8(2,3)11-7(10)5-4-6-9;2*8-5-2-1-4(7(9)11)3-6(5)10(12)13;;1-4(2)3;1-3-2;1-2;/h1-4,7-8,19-20H,5-6H2,(H2,17,23)(H2,18,24);1-4,7-8,21-22H,5-6,17-18H2,(H2,19,23)(H2,20,24);4-5,8,16H,6-7H2,1-3H3,(H2,15,19)(H,17,20);1-2,5,12H,3-4,10H2,(H2,11,14);4-6,9H2,1-3H3;2*1-3H,(H2,9,11);1H;;;;1H/q;;;;;;;;;-1;;. The van der Waals surface area contributed by atoms with Crippen LogP contribution < -0.4 is 119 Å². The second-order valence-electron chi connectivity index (χ2n) is 27.8. The average molecular weight is 3130 g/mol. The van der Waals surface area contributed by atoms with Gasteiger partial charge < -0.3 is 115 Å². The predicted octanol–water partition coefficient (Wildman–Crippen LogP) is 12.4. The molecule has 0 aromatic heterocycles. The summed E-state index contributed by atoms with van der Waals surface area (Å²) >= 11 is 28.0. The van der Waals surface area contributed by atoms with Crippen molar-refractivity contribution in [2.45, 2.75) is 65.6 Å². The van der Waals surface area contributed by atoms with Crippen molar-refractivity contribution in [3.63, 3.8) is 0 Å². The van der Waals surface area contributed by atoms with E-state index in [1.165, 1.54) is 84.9 Å². The summed E-state index contributed by atoms with van der Waals surface area (Å²) in [5, 5.41) is 84.8. The summed E-state index contributed by atoms with van der Waals surface area (Å²) < 4.78 is 10.1. The molecule has 62 heteroatoms. The van der Waals surface area contributed by atoms with Gasteiger partial charge in [0.15, 0.2) is 0 Å². The summed E-state index contributed by atoms with van der Waals surface area (Å²) in [7, 11) is -0.353. The minimum absolute atomic E-state index is 0. The average Bonchev–Trinajstić information content (AvgIpc) is 0.843. The van der Waals surface area contributed by atoms with E-state index in [1.807, 2.05) is 20.8 Å². The van der Waals surface area contributed by atoms with E-state index < -0.39 is 88.5 Å². The monoisotopic (exact) mass is 3130 g/mol. The van der Waals surface area contributed by atoms with Gasteiger partial charge in [-0.1, -0.05) is 23.2 Å². The van der Waals surface area contributed by atoms with Gasteiger partial charge in [-0.15, -0.1) is 36.4 Å². The van der Waals surface area contributed by atoms with Crippen molar-refractivity contribution in [2.24, 2.45) is 57.3 Å². The molecule has 8 rings (SSSR count). The number of nitrogens with two attached hydrogens (primary N) is 12. The number of carbonyl (C=O) groups excluding carboxylic acids is 10. The maximum atomic E-state index is 11.4. The van der Waals surface area contributed by atoms with Crippen LogP contribution in [0.1, 0.15) is 137 Å². The molecule has 766 valence electrons. The number of anilines is 8. The van der Waals surface area contributed by atoms with Gasteiger partial charge in [-0.25, -0.2) is 4.79 Å². The largest absolute Gasteiger partial charge is 0.397 e. The summed E-state index contributed by atoms with van der Waals surface area (Å²) in [4.78, 5) is 171. The molecule has 0 heterocycles. The molecule has 0 fully saturated rings. The summed E-state index contributed by atoms with van der Waals surface area (Å²) in [6.07, 6.45) is 0.556. The van der Waals surface area contributed by atoms with E-state index in [-0.39, 0.29) is 177 Å². The summed E-state index contributed by atoms with van der Waals surface area (Å²) in [6.45, 7) is 14.0. The van der Waals surface area contributed by atoms with Crippen molar-refractivity contribution in [1.82, 2.24) is 5.32 Å². The Morgan fingerprint density at radius 2 is 0.561 bits per heavy atom. The van der Waals surface area contributed by atoms with E-state index in [4.69, 9.17) is 101 Å². The third-order valence-corrected chi connectivity index (χ3v) is 16.2. The Balaban J connectivity index is -0.000000767. The summed E-state index contributed by atoms with van der Waals surface area (Å²) in [5.41, 5.74) is 64.3. The number of primary amides is 8. The number of ether oxygens (including phenoxy) is 2. The number of nitro benzene ring substituents is 6. The smallest absolute Gasteiger partial charge is 0.293 e. The number of halogens is 13. The van der Waals surface area contributed by atoms with Crippen molar-refractivity contribution < 1.29 is 100 Å². The molecule has 0 radical (unpaired) electrons. The molecule has 0 atom stereocenters. The second kappa shape index (κ2) is 72.4. The van der Waals surface area contributed by atoms with E-state index in [0.717, 1.165) is 36.4 Å². The molecule has 0 aliphatic carbocycles. The van der Waals surface area contributed by atoms with Gasteiger partial charge in [-0.3, -0.25) is 104 Å². The van der Waals surface area contributed by atoms with Crippen molar-refractivity contribution in [3.8, 4) is 0 Å². The Morgan fingerprint density at radius 1 is 0.360 bits per heavy atom. The van der Waals surface area contributed by atoms with Crippen molar-refractivity contribution in [2.75, 3.05) is 102 Å². The molecule has 31 N–H and O–H groups in total. The van der Waals surface area contributed by atoms with Crippen LogP contribution in [0.2, 0.25) is 10.0 Å². The first-order valence-corrected chi connectivity index (χ1v) is 76.3. The number of hydrogen-bond acceptors (Lipinski definition) is 34. The van der Waals surface area contributed by atoms with E-state index in [2.05, 4.69) is 168 Å². The SMILES string of the molecule is CC(C)(C)OC(=O)CCCN.CC(C)(C)OC(=O)NCCNc1ccc(C(N)=O)cc1[N+](=O)[O-].Cl.I.II.II(I)I.I[I-]I.NC(=O)c1ccc(Cl)c([N+](=O)[O-])c1.NC(=O)c1ccc(Cl)c([N+](=O)[O-])c1.NC(=O)c1ccc(NCCNc2ccc(C(N)=O)cc2N)c(N)c1.NC(=O)c1ccc(NCCNc2ccc(C(N)=O)cc2[N+](=O)[O-])c([N+](=O)[O-])c1.NCCNc1ccc(C(N)=O)cc1[N+](=O)[O-]. The van der Waals surface area contributed by atoms with Crippen LogP contribution in [-0.4, -0.2) is 159 Å². The van der Waals surface area contributed by atoms with Crippen LogP contribution in [0.5, 0.6) is 0 Å². The first-order chi connectivity index (χ1) is 63.9. The van der Waals surface area contributed by atoms with Gasteiger partial charge in [0.25, 0.3) is 34.1 Å². The van der Waals surface area contributed by atoms with Crippen LogP contribution >= 0.6 is 198 Å². The molecule has 8 aromatic carbocycles. The van der Waals surface area contributed by atoms with Crippen LogP contribution in [0.25, 0.3) is 0 Å². The van der Waals surface area contributed by atoms with Gasteiger partial charge in [-0.05, 0) is 164 Å². The quantitative estimate of drug-likeness (QED) is 0.00445. The zero-order valence-corrected chi connectivity index (χ0v) is 97.6. The number of amides is 9. The van der Waals surface area contributed by atoms with Crippen molar-refractivity contribution in [3.05, 3.63) is 261 Å². The number of nitrogen functional groups attached to an aromatic ring is 2. The van der Waals surface area contributed by atoms with Gasteiger partial charge in [-0.2, -0.15) is 0 Å². The molecule has 0 bridgehead atoms. The second-order valence-corrected chi connectivity index (χ2v) is 93.6. The number of nitrogens with one attached hydrogen (secondary N) is 7. The third kappa shape index (κ3) is 57.7. The van der Waals surface area contributed by atoms with Gasteiger partial charge in [0.05, 0.1) is 52.3 Å². The van der Waals surface area contributed by atoms with Gasteiger partial charge in [0, 0.05) is 177 Å². The normalized spacial score (nSPS) is 9.92. The third-order valence-electron chi connectivity index (χ3n) is 15.5. The molecule has 0 aliphatic rings. The van der Waals surface area contributed by atoms with Crippen LogP contribution in [0, 0.1) is 60.7 Å². The first-order valence-electron chi connectivity index (χ1n) is 37.8. The molecular formula is C77H97Cl3I10N25O24-. The van der Waals surface area contributed by atoms with Gasteiger partial charge in [0.2, 0.25) is 47.3 Å². The fraction of sp³-hybridized carbons (Fsp3) is 0.247. The minimum Gasteiger partial charge on any atom is -0.397 e. The first kappa shape index (κ1) is 136. The Labute approximate surface area is 916 Å². The summed E-state index contributed by atoms with van der Waals surface area (Å²) in [6, 6.07) is 32.3. The molecule has 0 unspecified atom stereocenters. The fourth-order valence-corrected chi connectivity index (χ4v) is 9.99. The number of esters is 1. The maximum Gasteiger partial charge on any atom is 0.293 e. The van der Waals surface area contributed by atoms with Crippen molar-refractivity contribution >= 4 is 337 Å².